The van der Waals surface area contributed by atoms with Gasteiger partial charge in [-0.2, -0.15) is 0 Å². The Bertz CT molecular complexity index is 245. The van der Waals surface area contributed by atoms with Gasteiger partial charge >= 0.3 is 0 Å². The summed E-state index contributed by atoms with van der Waals surface area (Å²) in [4.78, 5) is 6.51. The van der Waals surface area contributed by atoms with E-state index in [1.54, 1.807) is 0 Å². The second-order valence-corrected chi connectivity index (χ2v) is 2.64. The van der Waals surface area contributed by atoms with Crippen molar-refractivity contribution in [2.45, 2.75) is 20.3 Å². The molecule has 0 unspecified atom stereocenters. The van der Waals surface area contributed by atoms with Crippen LogP contribution < -0.4 is 4.90 Å². The molecular weight excluding hydrogens is 148 g/mol. The van der Waals surface area contributed by atoms with E-state index >= 15 is 0 Å². The summed E-state index contributed by atoms with van der Waals surface area (Å²) in [5.74, 6) is 0. The number of likely N-dealkylation sites (N-methyl/N-ethyl adjacent to an activating group) is 1. The van der Waals surface area contributed by atoms with Crippen LogP contribution in [0.25, 0.3) is 0 Å². The van der Waals surface area contributed by atoms with Gasteiger partial charge in [-0.1, -0.05) is 13.8 Å². The van der Waals surface area contributed by atoms with E-state index in [2.05, 4.69) is 23.0 Å². The lowest BCUT2D eigenvalue weighted by Gasteiger charge is -2.09. The van der Waals surface area contributed by atoms with Gasteiger partial charge in [0.1, 0.15) is 0 Å². The van der Waals surface area contributed by atoms with Crippen LogP contribution in [-0.4, -0.2) is 18.6 Å². The van der Waals surface area contributed by atoms with Gasteiger partial charge < -0.3 is 4.90 Å². The van der Waals surface area contributed by atoms with Crippen molar-refractivity contribution >= 4 is 5.69 Å². The lowest BCUT2D eigenvalue weighted by molar-refractivity contribution is 0.943. The molecule has 0 saturated heterocycles. The van der Waals surface area contributed by atoms with Gasteiger partial charge in [-0.15, -0.1) is 0 Å². The lowest BCUT2D eigenvalue weighted by Crippen LogP contribution is -2.12. The maximum Gasteiger partial charge on any atom is 0.0654 e. The number of aromatic nitrogens is 1. The Hall–Kier alpha value is -1.05. The number of rotatable bonds is 0. The second kappa shape index (κ2) is 4.10. The van der Waals surface area contributed by atoms with Crippen LogP contribution in [0.2, 0.25) is 0 Å². The van der Waals surface area contributed by atoms with Crippen molar-refractivity contribution in [2.75, 3.05) is 18.5 Å². The molecule has 0 saturated carbocycles. The minimum Gasteiger partial charge on any atom is -0.373 e. The van der Waals surface area contributed by atoms with E-state index in [-0.39, 0.29) is 0 Å². The smallest absolute Gasteiger partial charge is 0.0654 e. The number of hydrogen-bond donors (Lipinski definition) is 0. The van der Waals surface area contributed by atoms with Gasteiger partial charge in [0.25, 0.3) is 0 Å². The first-order valence-electron chi connectivity index (χ1n) is 4.53. The molecule has 1 aliphatic heterocycles. The predicted molar refractivity (Wildman–Crippen MR) is 52.6 cm³/mol. The van der Waals surface area contributed by atoms with Crippen LogP contribution >= 0.6 is 0 Å². The van der Waals surface area contributed by atoms with Gasteiger partial charge in [0, 0.05) is 26.2 Å². The molecule has 0 bridgehead atoms. The molecule has 0 spiro atoms. The maximum absolute atomic E-state index is 4.27. The van der Waals surface area contributed by atoms with E-state index < -0.39 is 0 Å². The molecule has 2 heteroatoms. The van der Waals surface area contributed by atoms with Crippen molar-refractivity contribution in [1.29, 1.82) is 0 Å². The lowest BCUT2D eigenvalue weighted by atomic mass is 10.3. The molecule has 2 nitrogen and oxygen atoms in total. The van der Waals surface area contributed by atoms with Gasteiger partial charge in [-0.25, -0.2) is 0 Å². The highest BCUT2D eigenvalue weighted by Gasteiger charge is 2.14. The van der Waals surface area contributed by atoms with Crippen molar-refractivity contribution in [1.82, 2.24) is 4.98 Å². The van der Waals surface area contributed by atoms with Gasteiger partial charge in [0.05, 0.1) is 11.4 Å². The Morgan fingerprint density at radius 2 is 2.17 bits per heavy atom. The Balaban J connectivity index is 0.000000336. The van der Waals surface area contributed by atoms with Gasteiger partial charge in [-0.05, 0) is 12.1 Å². The fourth-order valence-electron chi connectivity index (χ4n) is 1.36. The van der Waals surface area contributed by atoms with Crippen LogP contribution in [0.15, 0.2) is 18.3 Å². The monoisotopic (exact) mass is 164 g/mol. The number of fused-ring (bicyclic) bond motifs is 1. The topological polar surface area (TPSA) is 16.1 Å². The molecule has 0 radical (unpaired) electrons. The van der Waals surface area contributed by atoms with E-state index in [0.717, 1.165) is 13.0 Å². The summed E-state index contributed by atoms with van der Waals surface area (Å²) in [7, 11) is 2.10. The highest BCUT2D eigenvalue weighted by molar-refractivity contribution is 5.53. The third-order valence-electron chi connectivity index (χ3n) is 1.96. The fraction of sp³-hybridized carbons (Fsp3) is 0.500. The largest absolute Gasteiger partial charge is 0.373 e. The first-order chi connectivity index (χ1) is 5.88. The summed E-state index contributed by atoms with van der Waals surface area (Å²) in [5.41, 5.74) is 2.53. The zero-order valence-corrected chi connectivity index (χ0v) is 8.04. The number of hydrogen-bond acceptors (Lipinski definition) is 2. The third-order valence-corrected chi connectivity index (χ3v) is 1.96. The Labute approximate surface area is 74.2 Å². The highest BCUT2D eigenvalue weighted by Crippen LogP contribution is 2.22. The summed E-state index contributed by atoms with van der Waals surface area (Å²) >= 11 is 0. The molecule has 0 amide bonds. The van der Waals surface area contributed by atoms with E-state index in [1.807, 2.05) is 26.1 Å². The van der Waals surface area contributed by atoms with Crippen molar-refractivity contribution in [3.8, 4) is 0 Å². The van der Waals surface area contributed by atoms with Crippen LogP contribution in [0.4, 0.5) is 5.69 Å². The SMILES string of the molecule is CC.CN1CCc2ncccc21. The van der Waals surface area contributed by atoms with Crippen molar-refractivity contribution in [3.05, 3.63) is 24.0 Å². The summed E-state index contributed by atoms with van der Waals surface area (Å²) in [6, 6.07) is 4.11. The Morgan fingerprint density at radius 1 is 1.42 bits per heavy atom. The van der Waals surface area contributed by atoms with Crippen molar-refractivity contribution < 1.29 is 0 Å². The highest BCUT2D eigenvalue weighted by atomic mass is 15.1. The molecule has 12 heavy (non-hydrogen) atoms. The first kappa shape index (κ1) is 9.04. The zero-order chi connectivity index (χ0) is 8.97. The molecular formula is C10H16N2. The normalized spacial score (nSPS) is 13.4. The summed E-state index contributed by atoms with van der Waals surface area (Å²) in [5, 5.41) is 0. The number of pyridine rings is 1. The van der Waals surface area contributed by atoms with Crippen LogP contribution in [-0.2, 0) is 6.42 Å². The molecule has 1 aromatic heterocycles. The average Bonchev–Trinajstić information content (AvgIpc) is 2.53. The Kier molecular flexibility index (Phi) is 3.09. The minimum atomic E-state index is 1.10. The molecule has 0 fully saturated rings. The van der Waals surface area contributed by atoms with E-state index in [0.29, 0.717) is 0 Å². The first-order valence-corrected chi connectivity index (χ1v) is 4.53. The van der Waals surface area contributed by atoms with Crippen molar-refractivity contribution in [3.63, 3.8) is 0 Å². The van der Waals surface area contributed by atoms with Crippen LogP contribution in [0, 0.1) is 0 Å². The predicted octanol–water partition coefficient (Wildman–Crippen LogP) is 2.10. The molecule has 2 heterocycles. The second-order valence-electron chi connectivity index (χ2n) is 2.64. The summed E-state index contributed by atoms with van der Waals surface area (Å²) in [6.45, 7) is 5.12. The molecule has 0 aromatic carbocycles. The van der Waals surface area contributed by atoms with Crippen LogP contribution in [0.1, 0.15) is 19.5 Å². The quantitative estimate of drug-likeness (QED) is 0.583. The maximum atomic E-state index is 4.27. The van der Waals surface area contributed by atoms with Gasteiger partial charge in [0.2, 0.25) is 0 Å². The standard InChI is InChI=1S/C8H10N2.C2H6/c1-10-6-4-7-8(10)3-2-5-9-7;1-2/h2-3,5H,4,6H2,1H3;1-2H3. The van der Waals surface area contributed by atoms with Crippen LogP contribution in [0.5, 0.6) is 0 Å². The Morgan fingerprint density at radius 3 is 2.83 bits per heavy atom. The fourth-order valence-corrected chi connectivity index (χ4v) is 1.36. The number of nitrogens with zero attached hydrogens (tertiary/aromatic N) is 2. The molecule has 0 aliphatic carbocycles. The molecule has 2 rings (SSSR count). The summed E-state index contributed by atoms with van der Waals surface area (Å²) < 4.78 is 0. The molecule has 1 aromatic rings. The zero-order valence-electron chi connectivity index (χ0n) is 8.04. The molecule has 1 aliphatic rings. The van der Waals surface area contributed by atoms with E-state index in [1.165, 1.54) is 11.4 Å². The third kappa shape index (κ3) is 1.58. The van der Waals surface area contributed by atoms with E-state index in [9.17, 15) is 0 Å². The minimum absolute atomic E-state index is 1.10. The van der Waals surface area contributed by atoms with Crippen molar-refractivity contribution in [2.24, 2.45) is 0 Å². The number of anilines is 1. The average molecular weight is 164 g/mol. The summed E-state index contributed by atoms with van der Waals surface area (Å²) in [6.07, 6.45) is 2.96. The van der Waals surface area contributed by atoms with Gasteiger partial charge in [0.15, 0.2) is 0 Å². The van der Waals surface area contributed by atoms with E-state index in [4.69, 9.17) is 0 Å². The van der Waals surface area contributed by atoms with Crippen LogP contribution in [0.3, 0.4) is 0 Å². The molecule has 0 atom stereocenters. The molecule has 66 valence electrons. The molecule has 0 N–H and O–H groups in total. The van der Waals surface area contributed by atoms with Gasteiger partial charge in [-0.3, -0.25) is 4.98 Å².